The molecule has 5 nitrogen and oxygen atoms in total. The number of nitrogens with two attached hydrogens (primary N) is 1. The third-order valence-electron chi connectivity index (χ3n) is 2.70. The summed E-state index contributed by atoms with van der Waals surface area (Å²) in [6.45, 7) is 5.21. The molecule has 1 amide bonds. The number of amides is 1. The van der Waals surface area contributed by atoms with Crippen LogP contribution in [-0.2, 0) is 9.59 Å². The maximum atomic E-state index is 11.6. The van der Waals surface area contributed by atoms with Crippen LogP contribution in [0.2, 0.25) is 0 Å². The lowest BCUT2D eigenvalue weighted by atomic mass is 9.98. The lowest BCUT2D eigenvalue weighted by Crippen LogP contribution is -2.52. The van der Waals surface area contributed by atoms with E-state index in [0.29, 0.717) is 6.42 Å². The second-order valence-corrected chi connectivity index (χ2v) is 4.29. The van der Waals surface area contributed by atoms with Gasteiger partial charge in [0.05, 0.1) is 0 Å². The van der Waals surface area contributed by atoms with Crippen LogP contribution in [0.4, 0.5) is 0 Å². The lowest BCUT2D eigenvalue weighted by Gasteiger charge is -2.25. The molecule has 0 aliphatic rings. The van der Waals surface area contributed by atoms with Gasteiger partial charge in [0, 0.05) is 12.5 Å². The van der Waals surface area contributed by atoms with Crippen molar-refractivity contribution in [2.45, 2.75) is 58.0 Å². The normalized spacial score (nSPS) is 16.2. The summed E-state index contributed by atoms with van der Waals surface area (Å²) in [5.74, 6) is -1.32. The molecule has 0 rings (SSSR count). The molecule has 0 heterocycles. The van der Waals surface area contributed by atoms with Gasteiger partial charge in [0.1, 0.15) is 5.54 Å². The van der Waals surface area contributed by atoms with Crippen molar-refractivity contribution < 1.29 is 14.7 Å². The molecule has 0 aromatic heterocycles. The van der Waals surface area contributed by atoms with Crippen LogP contribution < -0.4 is 11.1 Å². The molecule has 0 aromatic rings. The third kappa shape index (κ3) is 4.61. The fourth-order valence-corrected chi connectivity index (χ4v) is 1.36. The average Bonchev–Trinajstić information content (AvgIpc) is 2.17. The maximum Gasteiger partial charge on any atom is 0.329 e. The highest BCUT2D eigenvalue weighted by molar-refractivity contribution is 5.86. The molecule has 0 saturated carbocycles. The number of aliphatic carboxylic acids is 1. The van der Waals surface area contributed by atoms with Crippen LogP contribution in [0.5, 0.6) is 0 Å². The minimum atomic E-state index is -1.19. The third-order valence-corrected chi connectivity index (χ3v) is 2.70. The highest BCUT2D eigenvalue weighted by Crippen LogP contribution is 2.10. The Morgan fingerprint density at radius 2 is 2.00 bits per heavy atom. The van der Waals surface area contributed by atoms with Crippen LogP contribution in [0.3, 0.4) is 0 Å². The second kappa shape index (κ2) is 6.48. The highest BCUT2D eigenvalue weighted by Gasteiger charge is 2.32. The quantitative estimate of drug-likeness (QED) is 0.605. The summed E-state index contributed by atoms with van der Waals surface area (Å²) in [4.78, 5) is 22.5. The lowest BCUT2D eigenvalue weighted by molar-refractivity contribution is -0.147. The fraction of sp³-hybridized carbons (Fsp3) is 0.818. The number of carboxylic acid groups (broad SMARTS) is 1. The van der Waals surface area contributed by atoms with Gasteiger partial charge >= 0.3 is 5.97 Å². The first-order valence-corrected chi connectivity index (χ1v) is 5.65. The Morgan fingerprint density at radius 3 is 2.38 bits per heavy atom. The molecule has 0 aromatic carbocycles. The van der Waals surface area contributed by atoms with E-state index in [9.17, 15) is 9.59 Å². The van der Waals surface area contributed by atoms with E-state index in [1.54, 1.807) is 6.92 Å². The van der Waals surface area contributed by atoms with Crippen LogP contribution in [0.25, 0.3) is 0 Å². The Hall–Kier alpha value is -1.10. The van der Waals surface area contributed by atoms with Crippen molar-refractivity contribution in [2.24, 2.45) is 5.73 Å². The minimum Gasteiger partial charge on any atom is -0.480 e. The summed E-state index contributed by atoms with van der Waals surface area (Å²) < 4.78 is 0. The molecule has 0 aliphatic carbocycles. The molecule has 0 aliphatic heterocycles. The zero-order chi connectivity index (χ0) is 12.8. The van der Waals surface area contributed by atoms with Crippen LogP contribution in [0.15, 0.2) is 0 Å². The van der Waals surface area contributed by atoms with Crippen LogP contribution in [0, 0.1) is 0 Å². The van der Waals surface area contributed by atoms with Crippen molar-refractivity contribution >= 4 is 11.9 Å². The molecule has 0 saturated heterocycles. The van der Waals surface area contributed by atoms with Crippen molar-refractivity contribution in [1.29, 1.82) is 0 Å². The predicted molar refractivity (Wildman–Crippen MR) is 62.0 cm³/mol. The molecule has 5 heteroatoms. The standard InChI is InChI=1S/C11H22N2O3/c1-4-6-8(12)7-9(14)13-11(3,5-2)10(15)16/h8H,4-7,12H2,1-3H3,(H,13,14)(H,15,16). The molecule has 94 valence electrons. The first kappa shape index (κ1) is 14.9. The smallest absolute Gasteiger partial charge is 0.329 e. The molecule has 0 bridgehead atoms. The minimum absolute atomic E-state index is 0.177. The van der Waals surface area contributed by atoms with E-state index < -0.39 is 11.5 Å². The molecule has 0 spiro atoms. The molecular weight excluding hydrogens is 208 g/mol. The number of nitrogens with one attached hydrogen (secondary N) is 1. The highest BCUT2D eigenvalue weighted by atomic mass is 16.4. The van der Waals surface area contributed by atoms with Crippen molar-refractivity contribution in [1.82, 2.24) is 5.32 Å². The van der Waals surface area contributed by atoms with E-state index in [2.05, 4.69) is 5.32 Å². The van der Waals surface area contributed by atoms with Gasteiger partial charge in [-0.05, 0) is 19.8 Å². The zero-order valence-electron chi connectivity index (χ0n) is 10.2. The Bertz CT molecular complexity index is 256. The number of hydrogen-bond acceptors (Lipinski definition) is 3. The fourth-order valence-electron chi connectivity index (χ4n) is 1.36. The van der Waals surface area contributed by atoms with E-state index in [4.69, 9.17) is 10.8 Å². The Balaban J connectivity index is 4.27. The van der Waals surface area contributed by atoms with Crippen molar-refractivity contribution in [2.75, 3.05) is 0 Å². The van der Waals surface area contributed by atoms with Gasteiger partial charge in [-0.15, -0.1) is 0 Å². The van der Waals surface area contributed by atoms with Crippen LogP contribution in [0.1, 0.15) is 46.5 Å². The molecule has 2 unspecified atom stereocenters. The van der Waals surface area contributed by atoms with Gasteiger partial charge in [0.2, 0.25) is 5.91 Å². The molecule has 16 heavy (non-hydrogen) atoms. The summed E-state index contributed by atoms with van der Waals surface area (Å²) >= 11 is 0. The van der Waals surface area contributed by atoms with Gasteiger partial charge in [0.25, 0.3) is 0 Å². The van der Waals surface area contributed by atoms with Crippen LogP contribution in [-0.4, -0.2) is 28.6 Å². The first-order chi connectivity index (χ1) is 7.35. The van der Waals surface area contributed by atoms with E-state index in [1.807, 2.05) is 6.92 Å². The summed E-state index contributed by atoms with van der Waals surface area (Å²) in [7, 11) is 0. The Morgan fingerprint density at radius 1 is 1.44 bits per heavy atom. The van der Waals surface area contributed by atoms with Gasteiger partial charge < -0.3 is 16.2 Å². The van der Waals surface area contributed by atoms with E-state index in [-0.39, 0.29) is 18.4 Å². The molecule has 0 radical (unpaired) electrons. The van der Waals surface area contributed by atoms with E-state index in [0.717, 1.165) is 12.8 Å². The largest absolute Gasteiger partial charge is 0.480 e. The number of carboxylic acids is 1. The Labute approximate surface area is 96.4 Å². The Kier molecular flexibility index (Phi) is 6.03. The van der Waals surface area contributed by atoms with Crippen molar-refractivity contribution in [3.63, 3.8) is 0 Å². The van der Waals surface area contributed by atoms with Crippen molar-refractivity contribution in [3.05, 3.63) is 0 Å². The van der Waals surface area contributed by atoms with Gasteiger partial charge in [-0.1, -0.05) is 20.3 Å². The van der Waals surface area contributed by atoms with Crippen molar-refractivity contribution in [3.8, 4) is 0 Å². The molecule has 4 N–H and O–H groups in total. The summed E-state index contributed by atoms with van der Waals surface area (Å²) in [6.07, 6.45) is 2.20. The monoisotopic (exact) mass is 230 g/mol. The summed E-state index contributed by atoms with van der Waals surface area (Å²) in [5.41, 5.74) is 4.52. The molecular formula is C11H22N2O3. The van der Waals surface area contributed by atoms with Gasteiger partial charge in [-0.3, -0.25) is 4.79 Å². The topological polar surface area (TPSA) is 92.4 Å². The van der Waals surface area contributed by atoms with E-state index in [1.165, 1.54) is 6.92 Å². The maximum absolute atomic E-state index is 11.6. The van der Waals surface area contributed by atoms with Crippen LogP contribution >= 0.6 is 0 Å². The second-order valence-electron chi connectivity index (χ2n) is 4.29. The summed E-state index contributed by atoms with van der Waals surface area (Å²) in [5, 5.41) is 11.5. The molecule has 2 atom stereocenters. The number of rotatable bonds is 7. The predicted octanol–water partition coefficient (Wildman–Crippen LogP) is 0.873. The average molecular weight is 230 g/mol. The zero-order valence-corrected chi connectivity index (χ0v) is 10.2. The summed E-state index contributed by atoms with van der Waals surface area (Å²) in [6, 6.07) is -0.195. The van der Waals surface area contributed by atoms with E-state index >= 15 is 0 Å². The number of carbonyl (C=O) groups is 2. The number of carbonyl (C=O) groups excluding carboxylic acids is 1. The van der Waals surface area contributed by atoms with Gasteiger partial charge in [-0.2, -0.15) is 0 Å². The van der Waals surface area contributed by atoms with Gasteiger partial charge in [0.15, 0.2) is 0 Å². The van der Waals surface area contributed by atoms with Gasteiger partial charge in [-0.25, -0.2) is 4.79 Å². The number of hydrogen-bond donors (Lipinski definition) is 3. The SMILES string of the molecule is CCCC(N)CC(=O)NC(C)(CC)C(=O)O. The first-order valence-electron chi connectivity index (χ1n) is 5.65. The molecule has 0 fully saturated rings.